The van der Waals surface area contributed by atoms with Gasteiger partial charge in [0.15, 0.2) is 0 Å². The standard InChI is InChI=1S/C32H41ClN2O6S/c1-20(42(34,38)39)13-21-14-26(15-21)31(40-2)28-10-7-25(28)19-35-18-24-6-9-27(33)16-22(24)5-3-4-12-41-30-11-8-23(32(36)37)17-29(30)35/h6,8-9,11,14,16-17,20-21,25,28,31H,3-5,7,10,12-13,15,18-19H2,1-2H3,(H,36,37)(H2,34,38,39)/t20?,21?,25-,28+,31+/m0/s1. The second-order valence-electron chi connectivity index (χ2n) is 12.1. The largest absolute Gasteiger partial charge is 0.491 e. The lowest BCUT2D eigenvalue weighted by atomic mass is 9.65. The molecule has 0 bridgehead atoms. The van der Waals surface area contributed by atoms with Crippen LogP contribution in [0.25, 0.3) is 0 Å². The molecule has 3 N–H and O–H groups in total. The molecule has 1 saturated carbocycles. The highest BCUT2D eigenvalue weighted by Gasteiger charge is 2.42. The van der Waals surface area contributed by atoms with Crippen molar-refractivity contribution in [2.45, 2.75) is 69.8 Å². The Morgan fingerprint density at radius 2 is 1.98 bits per heavy atom. The van der Waals surface area contributed by atoms with Crippen molar-refractivity contribution in [3.8, 4) is 5.75 Å². The van der Waals surface area contributed by atoms with Gasteiger partial charge in [0.1, 0.15) is 5.75 Å². The Bertz CT molecular complexity index is 1440. The van der Waals surface area contributed by atoms with Gasteiger partial charge in [0.05, 0.1) is 29.2 Å². The van der Waals surface area contributed by atoms with Crippen molar-refractivity contribution in [3.05, 3.63) is 69.8 Å². The van der Waals surface area contributed by atoms with Crippen molar-refractivity contribution in [1.82, 2.24) is 0 Å². The molecule has 0 saturated heterocycles. The zero-order valence-corrected chi connectivity index (χ0v) is 25.9. The van der Waals surface area contributed by atoms with Gasteiger partial charge in [-0.3, -0.25) is 0 Å². The number of fused-ring (bicyclic) bond motifs is 2. The molecule has 0 spiro atoms. The highest BCUT2D eigenvalue weighted by Crippen LogP contribution is 2.46. The molecule has 228 valence electrons. The van der Waals surface area contributed by atoms with Gasteiger partial charge in [-0.25, -0.2) is 18.4 Å². The van der Waals surface area contributed by atoms with E-state index in [9.17, 15) is 18.3 Å². The summed E-state index contributed by atoms with van der Waals surface area (Å²) in [4.78, 5) is 14.2. The molecule has 0 aromatic heterocycles. The van der Waals surface area contributed by atoms with E-state index in [1.807, 2.05) is 12.1 Å². The van der Waals surface area contributed by atoms with Gasteiger partial charge in [-0.15, -0.1) is 0 Å². The van der Waals surface area contributed by atoms with Gasteiger partial charge in [-0.1, -0.05) is 23.7 Å². The Morgan fingerprint density at radius 1 is 1.19 bits per heavy atom. The van der Waals surface area contributed by atoms with Gasteiger partial charge in [-0.05, 0) is 117 Å². The number of ether oxygens (including phenoxy) is 2. The van der Waals surface area contributed by atoms with E-state index in [2.05, 4.69) is 17.0 Å². The number of carboxylic acids is 1. The topological polar surface area (TPSA) is 119 Å². The van der Waals surface area contributed by atoms with Crippen LogP contribution < -0.4 is 14.8 Å². The maximum atomic E-state index is 12.0. The molecule has 1 aliphatic heterocycles. The van der Waals surface area contributed by atoms with Gasteiger partial charge in [-0.2, -0.15) is 0 Å². The number of allylic oxidation sites excluding steroid dienone is 1. The first kappa shape index (κ1) is 30.9. The van der Waals surface area contributed by atoms with Gasteiger partial charge >= 0.3 is 5.97 Å². The van der Waals surface area contributed by atoms with Crippen LogP contribution in [-0.4, -0.2) is 51.1 Å². The number of hydrogen-bond donors (Lipinski definition) is 2. The molecule has 2 aromatic rings. The first-order valence-electron chi connectivity index (χ1n) is 14.8. The second kappa shape index (κ2) is 13.0. The molecule has 10 heteroatoms. The Balaban J connectivity index is 1.41. The van der Waals surface area contributed by atoms with Crippen LogP contribution in [0.4, 0.5) is 5.69 Å². The van der Waals surface area contributed by atoms with E-state index in [0.717, 1.165) is 50.8 Å². The van der Waals surface area contributed by atoms with Crippen LogP contribution in [-0.2, 0) is 27.7 Å². The van der Waals surface area contributed by atoms with Crippen molar-refractivity contribution >= 4 is 33.3 Å². The summed E-state index contributed by atoms with van der Waals surface area (Å²) < 4.78 is 35.7. The second-order valence-corrected chi connectivity index (χ2v) is 14.5. The van der Waals surface area contributed by atoms with E-state index < -0.39 is 21.2 Å². The monoisotopic (exact) mass is 616 g/mol. The van der Waals surface area contributed by atoms with Crippen LogP contribution in [0, 0.1) is 17.8 Å². The van der Waals surface area contributed by atoms with Crippen molar-refractivity contribution in [1.29, 1.82) is 0 Å². The van der Waals surface area contributed by atoms with E-state index in [0.29, 0.717) is 42.2 Å². The average molecular weight is 617 g/mol. The number of methoxy groups -OCH3 is 1. The average Bonchev–Trinajstić information content (AvgIpc) is 2.93. The number of anilines is 1. The fourth-order valence-electron chi connectivity index (χ4n) is 6.65. The minimum atomic E-state index is -3.54. The van der Waals surface area contributed by atoms with E-state index in [4.69, 9.17) is 26.2 Å². The van der Waals surface area contributed by atoms with Crippen LogP contribution in [0.2, 0.25) is 5.02 Å². The number of primary sulfonamides is 1. The van der Waals surface area contributed by atoms with Crippen LogP contribution in [0.15, 0.2) is 48.0 Å². The first-order chi connectivity index (χ1) is 20.0. The molecule has 42 heavy (non-hydrogen) atoms. The molecule has 2 aromatic carbocycles. The molecule has 5 rings (SSSR count). The zero-order chi connectivity index (χ0) is 30.0. The minimum Gasteiger partial charge on any atom is -0.491 e. The number of halogens is 1. The van der Waals surface area contributed by atoms with Crippen LogP contribution in [0.1, 0.15) is 66.9 Å². The Kier molecular flexibility index (Phi) is 9.52. The molecule has 8 nitrogen and oxygen atoms in total. The summed E-state index contributed by atoms with van der Waals surface area (Å²) in [6.45, 7) is 3.56. The third-order valence-corrected chi connectivity index (χ3v) is 10.8. The van der Waals surface area contributed by atoms with Gasteiger partial charge in [0.25, 0.3) is 0 Å². The Labute approximate surface area is 253 Å². The summed E-state index contributed by atoms with van der Waals surface area (Å²) in [6, 6.07) is 11.2. The molecule has 3 aliphatic rings. The number of sulfonamides is 1. The minimum absolute atomic E-state index is 0.0270. The van der Waals surface area contributed by atoms with E-state index >= 15 is 0 Å². The summed E-state index contributed by atoms with van der Waals surface area (Å²) in [5, 5.41) is 15.3. The van der Waals surface area contributed by atoms with E-state index in [1.54, 1.807) is 32.2 Å². The lowest BCUT2D eigenvalue weighted by Crippen LogP contribution is -2.45. The number of nitrogens with zero attached hydrogens (tertiary/aromatic N) is 1. The SMILES string of the molecule is CO[C@H](C1=CC(CC(C)S(N)(=O)=O)C1)[C@@H]1CC[C@H]1CN1Cc2ccc(Cl)cc2CCCCOc2ccc(C(=O)O)cc21. The first-order valence-corrected chi connectivity index (χ1v) is 16.8. The lowest BCUT2D eigenvalue weighted by molar-refractivity contribution is 0.000581. The molecule has 2 aliphatic carbocycles. The lowest BCUT2D eigenvalue weighted by Gasteiger charge is -2.46. The quantitative estimate of drug-likeness (QED) is 0.341. The summed E-state index contributed by atoms with van der Waals surface area (Å²) in [5.41, 5.74) is 4.64. The van der Waals surface area contributed by atoms with Crippen molar-refractivity contribution < 1.29 is 27.8 Å². The molecule has 0 radical (unpaired) electrons. The number of nitrogens with two attached hydrogens (primary N) is 1. The van der Waals surface area contributed by atoms with Crippen LogP contribution in [0.5, 0.6) is 5.75 Å². The number of aryl methyl sites for hydroxylation is 1. The van der Waals surface area contributed by atoms with E-state index in [-0.39, 0.29) is 17.6 Å². The summed E-state index contributed by atoms with van der Waals surface area (Å²) in [5.74, 6) is 0.569. The van der Waals surface area contributed by atoms with Crippen LogP contribution in [0.3, 0.4) is 0 Å². The predicted molar refractivity (Wildman–Crippen MR) is 165 cm³/mol. The molecule has 1 heterocycles. The number of rotatable bonds is 9. The van der Waals surface area contributed by atoms with Crippen LogP contribution >= 0.6 is 11.6 Å². The van der Waals surface area contributed by atoms with E-state index in [1.165, 1.54) is 16.7 Å². The summed E-state index contributed by atoms with van der Waals surface area (Å²) >= 11 is 6.39. The predicted octanol–water partition coefficient (Wildman–Crippen LogP) is 5.81. The van der Waals surface area contributed by atoms with Gasteiger partial charge < -0.3 is 19.5 Å². The number of carbonyl (C=O) groups is 1. The molecular formula is C32H41ClN2O6S. The van der Waals surface area contributed by atoms with Gasteiger partial charge in [0, 0.05) is 25.2 Å². The normalized spacial score (nSPS) is 24.0. The smallest absolute Gasteiger partial charge is 0.335 e. The molecule has 2 unspecified atom stereocenters. The zero-order valence-electron chi connectivity index (χ0n) is 24.3. The number of carboxylic acid groups (broad SMARTS) is 1. The molecule has 5 atom stereocenters. The highest BCUT2D eigenvalue weighted by atomic mass is 35.5. The van der Waals surface area contributed by atoms with Crippen molar-refractivity contribution in [3.63, 3.8) is 0 Å². The molecule has 0 amide bonds. The highest BCUT2D eigenvalue weighted by molar-refractivity contribution is 7.89. The third kappa shape index (κ3) is 6.96. The summed E-state index contributed by atoms with van der Waals surface area (Å²) in [6.07, 6.45) is 8.33. The number of hydrogen-bond acceptors (Lipinski definition) is 6. The fraction of sp³-hybridized carbons (Fsp3) is 0.531. The molecular weight excluding hydrogens is 576 g/mol. The third-order valence-electron chi connectivity index (χ3n) is 9.26. The van der Waals surface area contributed by atoms with Crippen molar-refractivity contribution in [2.24, 2.45) is 22.9 Å². The summed E-state index contributed by atoms with van der Waals surface area (Å²) in [7, 11) is -1.80. The Hall–Kier alpha value is -2.59. The Morgan fingerprint density at radius 3 is 2.64 bits per heavy atom. The maximum Gasteiger partial charge on any atom is 0.335 e. The number of aromatic carboxylic acids is 1. The number of benzene rings is 2. The van der Waals surface area contributed by atoms with Crippen molar-refractivity contribution in [2.75, 3.05) is 25.2 Å². The molecule has 1 fully saturated rings. The fourth-order valence-corrected chi connectivity index (χ4v) is 7.36. The van der Waals surface area contributed by atoms with Gasteiger partial charge in [0.2, 0.25) is 10.0 Å². The maximum absolute atomic E-state index is 12.0.